The number of nitrogens with zero attached hydrogens (tertiary/aromatic N) is 1. The molecule has 2 aliphatic rings. The average molecular weight is 379 g/mol. The van der Waals surface area contributed by atoms with Crippen LogP contribution in [-0.4, -0.2) is 18.4 Å². The van der Waals surface area contributed by atoms with Crippen LogP contribution in [0.25, 0.3) is 11.1 Å². The van der Waals surface area contributed by atoms with Gasteiger partial charge in [0.2, 0.25) is 0 Å². The quantitative estimate of drug-likeness (QED) is 0.681. The summed E-state index contributed by atoms with van der Waals surface area (Å²) >= 11 is 0. The maximum absolute atomic E-state index is 5.81. The first kappa shape index (κ1) is 20.4. The van der Waals surface area contributed by atoms with Crippen molar-refractivity contribution in [2.24, 2.45) is 16.4 Å². The van der Waals surface area contributed by atoms with Crippen LogP contribution in [0.5, 0.6) is 5.75 Å². The second-order valence-corrected chi connectivity index (χ2v) is 9.48. The molecule has 1 saturated carbocycles. The van der Waals surface area contributed by atoms with E-state index in [9.17, 15) is 0 Å². The Balaban J connectivity index is 0.000000264. The molecule has 2 atom stereocenters. The number of hydrogen-bond acceptors (Lipinski definition) is 3. The maximum Gasteiger partial charge on any atom is 0.119 e. The summed E-state index contributed by atoms with van der Waals surface area (Å²) in [5.74, 6) is 2.33. The molecule has 2 unspecified atom stereocenters. The number of benzene rings is 2. The molecule has 1 aliphatic carbocycles. The highest BCUT2D eigenvalue weighted by Gasteiger charge is 2.43. The van der Waals surface area contributed by atoms with Gasteiger partial charge in [-0.15, -0.1) is 0 Å². The number of nitrogens with one attached hydrogen (secondary N) is 1. The monoisotopic (exact) mass is 378 g/mol. The lowest BCUT2D eigenvalue weighted by molar-refractivity contribution is 0.198. The van der Waals surface area contributed by atoms with E-state index in [1.807, 2.05) is 0 Å². The van der Waals surface area contributed by atoms with Crippen molar-refractivity contribution in [1.29, 1.82) is 0 Å². The molecule has 2 aromatic rings. The standard InChI is InChI=1S/C20H26O.C5H8N2/c1-15(2)16-6-8-17(9-7-16)18-10-12-19(13-11-18)21-14-20(3,4)5;1-3-4-2-5(4)7-6-3/h6-13,15H,14H2,1-5H3;4-5,7H,2H2,1H3. The molecule has 0 amide bonds. The van der Waals surface area contributed by atoms with Gasteiger partial charge in [0.05, 0.1) is 12.6 Å². The number of ether oxygens (including phenoxy) is 1. The number of hydrazone groups is 1. The molecule has 0 aromatic heterocycles. The fraction of sp³-hybridized carbons (Fsp3) is 0.480. The van der Waals surface area contributed by atoms with E-state index in [2.05, 4.69) is 101 Å². The molecule has 0 bridgehead atoms. The Morgan fingerprint density at radius 3 is 1.93 bits per heavy atom. The van der Waals surface area contributed by atoms with Crippen molar-refractivity contribution >= 4 is 5.71 Å². The van der Waals surface area contributed by atoms with Crippen LogP contribution in [0.3, 0.4) is 0 Å². The molecule has 2 aromatic carbocycles. The second-order valence-electron chi connectivity index (χ2n) is 9.48. The van der Waals surface area contributed by atoms with Crippen LogP contribution in [0.4, 0.5) is 0 Å². The van der Waals surface area contributed by atoms with Gasteiger partial charge in [-0.3, -0.25) is 0 Å². The lowest BCUT2D eigenvalue weighted by atomic mass is 9.98. The van der Waals surface area contributed by atoms with E-state index in [1.165, 1.54) is 28.8 Å². The van der Waals surface area contributed by atoms with Crippen molar-refractivity contribution in [1.82, 2.24) is 5.43 Å². The van der Waals surface area contributed by atoms with Crippen molar-refractivity contribution in [3.8, 4) is 16.9 Å². The predicted molar refractivity (Wildman–Crippen MR) is 119 cm³/mol. The van der Waals surface area contributed by atoms with Gasteiger partial charge in [-0.2, -0.15) is 5.10 Å². The van der Waals surface area contributed by atoms with Crippen LogP contribution in [0.2, 0.25) is 0 Å². The zero-order valence-corrected chi connectivity index (χ0v) is 18.1. The van der Waals surface area contributed by atoms with Gasteiger partial charge < -0.3 is 10.2 Å². The van der Waals surface area contributed by atoms with Crippen molar-refractivity contribution in [3.05, 3.63) is 54.1 Å². The summed E-state index contributed by atoms with van der Waals surface area (Å²) in [6.45, 7) is 13.8. The number of fused-ring (bicyclic) bond motifs is 1. The average Bonchev–Trinajstić information content (AvgIpc) is 3.37. The van der Waals surface area contributed by atoms with Gasteiger partial charge in [-0.1, -0.05) is 71.0 Å². The van der Waals surface area contributed by atoms with Gasteiger partial charge in [-0.25, -0.2) is 0 Å². The lowest BCUT2D eigenvalue weighted by Gasteiger charge is -2.18. The fourth-order valence-electron chi connectivity index (χ4n) is 3.17. The Labute approximate surface area is 170 Å². The topological polar surface area (TPSA) is 33.6 Å². The Kier molecular flexibility index (Phi) is 6.12. The molecular formula is C25H34N2O. The summed E-state index contributed by atoms with van der Waals surface area (Å²) in [6, 6.07) is 17.9. The van der Waals surface area contributed by atoms with E-state index in [-0.39, 0.29) is 5.41 Å². The molecule has 1 N–H and O–H groups in total. The Hall–Kier alpha value is -2.29. The van der Waals surface area contributed by atoms with Crippen LogP contribution in [0.15, 0.2) is 53.6 Å². The summed E-state index contributed by atoms with van der Waals surface area (Å²) in [5.41, 5.74) is 8.37. The van der Waals surface area contributed by atoms with Gasteiger partial charge in [0.1, 0.15) is 5.75 Å². The third kappa shape index (κ3) is 5.60. The molecule has 150 valence electrons. The zero-order chi connectivity index (χ0) is 20.3. The Bertz CT molecular complexity index is 798. The highest BCUT2D eigenvalue weighted by Crippen LogP contribution is 2.35. The summed E-state index contributed by atoms with van der Waals surface area (Å²) in [5, 5.41) is 4.03. The molecule has 3 nitrogen and oxygen atoms in total. The first-order valence-electron chi connectivity index (χ1n) is 10.4. The minimum Gasteiger partial charge on any atom is -0.493 e. The first-order chi connectivity index (χ1) is 13.2. The fourth-order valence-corrected chi connectivity index (χ4v) is 3.17. The van der Waals surface area contributed by atoms with Crippen molar-refractivity contribution in [2.75, 3.05) is 6.61 Å². The highest BCUT2D eigenvalue weighted by molar-refractivity contribution is 5.89. The normalized spacial score (nSPS) is 19.9. The number of hydrogen-bond donors (Lipinski definition) is 1. The predicted octanol–water partition coefficient (Wildman–Crippen LogP) is 6.26. The minimum absolute atomic E-state index is 0.186. The molecule has 4 rings (SSSR count). The number of rotatable bonds is 4. The summed E-state index contributed by atoms with van der Waals surface area (Å²) < 4.78 is 5.81. The van der Waals surface area contributed by atoms with E-state index in [4.69, 9.17) is 4.74 Å². The third-order valence-corrected chi connectivity index (χ3v) is 5.17. The first-order valence-corrected chi connectivity index (χ1v) is 10.4. The van der Waals surface area contributed by atoms with E-state index >= 15 is 0 Å². The lowest BCUT2D eigenvalue weighted by Crippen LogP contribution is -2.16. The zero-order valence-electron chi connectivity index (χ0n) is 18.1. The molecule has 3 heteroatoms. The van der Waals surface area contributed by atoms with E-state index in [0.29, 0.717) is 5.92 Å². The molecule has 0 saturated heterocycles. The molecule has 1 fully saturated rings. The smallest absolute Gasteiger partial charge is 0.119 e. The SMILES string of the molecule is CC(C)c1ccc(-c2ccc(OCC(C)(C)C)cc2)cc1.CC1=NNC2CC12. The van der Waals surface area contributed by atoms with Crippen LogP contribution >= 0.6 is 0 Å². The van der Waals surface area contributed by atoms with Gasteiger partial charge in [0, 0.05) is 11.6 Å². The second kappa shape index (κ2) is 8.38. The van der Waals surface area contributed by atoms with E-state index < -0.39 is 0 Å². The highest BCUT2D eigenvalue weighted by atomic mass is 16.5. The largest absolute Gasteiger partial charge is 0.493 e. The Morgan fingerprint density at radius 2 is 1.57 bits per heavy atom. The minimum atomic E-state index is 0.186. The van der Waals surface area contributed by atoms with Gasteiger partial charge in [0.15, 0.2) is 0 Å². The van der Waals surface area contributed by atoms with E-state index in [1.54, 1.807) is 0 Å². The van der Waals surface area contributed by atoms with Gasteiger partial charge in [0.25, 0.3) is 0 Å². The molecule has 1 aliphatic heterocycles. The molecule has 28 heavy (non-hydrogen) atoms. The third-order valence-electron chi connectivity index (χ3n) is 5.17. The van der Waals surface area contributed by atoms with Crippen LogP contribution in [0.1, 0.15) is 59.4 Å². The Morgan fingerprint density at radius 1 is 1.00 bits per heavy atom. The molecular weight excluding hydrogens is 344 g/mol. The van der Waals surface area contributed by atoms with Crippen molar-refractivity contribution < 1.29 is 4.74 Å². The van der Waals surface area contributed by atoms with Crippen LogP contribution in [-0.2, 0) is 0 Å². The maximum atomic E-state index is 5.81. The van der Waals surface area contributed by atoms with Gasteiger partial charge in [-0.05, 0) is 53.5 Å². The molecule has 0 radical (unpaired) electrons. The van der Waals surface area contributed by atoms with Gasteiger partial charge >= 0.3 is 0 Å². The van der Waals surface area contributed by atoms with Crippen LogP contribution < -0.4 is 10.2 Å². The molecule has 1 heterocycles. The van der Waals surface area contributed by atoms with Crippen LogP contribution in [0, 0.1) is 11.3 Å². The summed E-state index contributed by atoms with van der Waals surface area (Å²) in [6.07, 6.45) is 1.33. The van der Waals surface area contributed by atoms with Crippen molar-refractivity contribution in [2.45, 2.75) is 59.9 Å². The van der Waals surface area contributed by atoms with Crippen molar-refractivity contribution in [3.63, 3.8) is 0 Å². The summed E-state index contributed by atoms with van der Waals surface area (Å²) in [4.78, 5) is 0. The molecule has 0 spiro atoms. The summed E-state index contributed by atoms with van der Waals surface area (Å²) in [7, 11) is 0. The van der Waals surface area contributed by atoms with E-state index in [0.717, 1.165) is 24.3 Å².